The van der Waals surface area contributed by atoms with E-state index in [0.717, 1.165) is 17.4 Å². The lowest BCUT2D eigenvalue weighted by Gasteiger charge is -2.18. The van der Waals surface area contributed by atoms with Crippen molar-refractivity contribution >= 4 is 33.7 Å². The Morgan fingerprint density at radius 2 is 1.21 bits per heavy atom. The average Bonchev–Trinajstić information content (AvgIpc) is 2.69. The number of carbonyl (C=O) groups excluding carboxylic acids is 2. The number of benzene rings is 2. The number of rotatable bonds is 7. The molecule has 0 bridgehead atoms. The number of methoxy groups -OCH3 is 2. The second kappa shape index (κ2) is 9.89. The largest absolute Gasteiger partial charge is 0.453 e. The van der Waals surface area contributed by atoms with Crippen LogP contribution in [0.25, 0.3) is 0 Å². The van der Waals surface area contributed by atoms with Gasteiger partial charge in [-0.3, -0.25) is 14.8 Å². The molecule has 0 radical (unpaired) electrons. The molecule has 2 aromatic carbocycles. The Bertz CT molecular complexity index is 880. The van der Waals surface area contributed by atoms with E-state index >= 15 is 0 Å². The minimum absolute atomic E-state index is 0.105. The molecule has 0 aliphatic carbocycles. The molecule has 0 atom stereocenters. The molecule has 29 heavy (non-hydrogen) atoms. The molecule has 9 nitrogen and oxygen atoms in total. The van der Waals surface area contributed by atoms with Crippen LogP contribution >= 0.6 is 0 Å². The summed E-state index contributed by atoms with van der Waals surface area (Å²) in [6.07, 6.45) is -0.205. The van der Waals surface area contributed by atoms with Gasteiger partial charge in [-0.1, -0.05) is 24.3 Å². The zero-order valence-electron chi connectivity index (χ0n) is 16.2. The Morgan fingerprint density at radius 3 is 1.52 bits per heavy atom. The van der Waals surface area contributed by atoms with E-state index in [1.165, 1.54) is 14.2 Å². The maximum atomic E-state index is 11.5. The summed E-state index contributed by atoms with van der Waals surface area (Å²) in [6, 6.07) is 13.7. The summed E-state index contributed by atoms with van der Waals surface area (Å²) >= 11 is 0. The van der Waals surface area contributed by atoms with Crippen molar-refractivity contribution < 1.29 is 31.7 Å². The first-order valence-corrected chi connectivity index (χ1v) is 10.3. The molecule has 0 unspecified atom stereocenters. The van der Waals surface area contributed by atoms with Crippen molar-refractivity contribution in [1.82, 2.24) is 0 Å². The predicted molar refractivity (Wildman–Crippen MR) is 108 cm³/mol. The van der Waals surface area contributed by atoms with Gasteiger partial charge in [-0.05, 0) is 35.4 Å². The van der Waals surface area contributed by atoms with Gasteiger partial charge in [0.25, 0.3) is 10.1 Å². The molecule has 0 spiro atoms. The van der Waals surface area contributed by atoms with Gasteiger partial charge in [0.2, 0.25) is 0 Å². The quantitative estimate of drug-likeness (QED) is 0.658. The highest BCUT2D eigenvalue weighted by molar-refractivity contribution is 7.85. The zero-order chi connectivity index (χ0) is 21.4. The summed E-state index contributed by atoms with van der Waals surface area (Å²) in [7, 11) is -1.11. The fourth-order valence-corrected chi connectivity index (χ4v) is 2.90. The van der Waals surface area contributed by atoms with Gasteiger partial charge in [-0.15, -0.1) is 0 Å². The predicted octanol–water partition coefficient (Wildman–Crippen LogP) is 3.15. The fourth-order valence-electron chi connectivity index (χ4n) is 2.51. The first-order valence-electron chi connectivity index (χ1n) is 8.46. The van der Waals surface area contributed by atoms with Crippen LogP contribution in [-0.2, 0) is 23.8 Å². The summed E-state index contributed by atoms with van der Waals surface area (Å²) in [5.74, 6) is -0.399. The highest BCUT2D eigenvalue weighted by atomic mass is 32.2. The second-order valence-electron chi connectivity index (χ2n) is 6.02. The SMILES string of the molecule is COC(=O)Nc1ccc(C(COS(C)(=O)=O)c2ccc(NC(=O)OC)cc2)cc1. The first kappa shape index (κ1) is 22.2. The van der Waals surface area contributed by atoms with E-state index in [9.17, 15) is 18.0 Å². The lowest BCUT2D eigenvalue weighted by Crippen LogP contribution is -2.15. The Hall–Kier alpha value is -3.11. The lowest BCUT2D eigenvalue weighted by molar-refractivity contribution is 0.186. The van der Waals surface area contributed by atoms with Crippen molar-refractivity contribution in [3.8, 4) is 0 Å². The number of amides is 2. The Kier molecular flexibility index (Phi) is 7.57. The molecule has 2 amide bonds. The van der Waals surface area contributed by atoms with Crippen molar-refractivity contribution in [1.29, 1.82) is 0 Å². The van der Waals surface area contributed by atoms with E-state index in [-0.39, 0.29) is 6.61 Å². The molecule has 2 aromatic rings. The number of nitrogens with one attached hydrogen (secondary N) is 2. The fraction of sp³-hybridized carbons (Fsp3) is 0.263. The van der Waals surface area contributed by atoms with Crippen LogP contribution in [0.1, 0.15) is 17.0 Å². The Balaban J connectivity index is 2.27. The Morgan fingerprint density at radius 1 is 0.828 bits per heavy atom. The molecule has 156 valence electrons. The number of hydrogen-bond donors (Lipinski definition) is 2. The van der Waals surface area contributed by atoms with Crippen molar-refractivity contribution in [2.75, 3.05) is 37.7 Å². The van der Waals surface area contributed by atoms with Crippen LogP contribution in [-0.4, -0.2) is 47.7 Å². The molecular weight excluding hydrogens is 400 g/mol. The maximum Gasteiger partial charge on any atom is 0.411 e. The number of carbonyl (C=O) groups is 2. The molecule has 2 rings (SSSR count). The summed E-state index contributed by atoms with van der Waals surface area (Å²) in [4.78, 5) is 22.6. The molecule has 0 saturated heterocycles. The molecule has 10 heteroatoms. The van der Waals surface area contributed by atoms with Crippen molar-refractivity contribution in [3.05, 3.63) is 59.7 Å². The summed E-state index contributed by atoms with van der Waals surface area (Å²) in [5, 5.41) is 5.09. The zero-order valence-corrected chi connectivity index (χ0v) is 17.0. The van der Waals surface area contributed by atoms with Crippen LogP contribution in [0.3, 0.4) is 0 Å². The van der Waals surface area contributed by atoms with Gasteiger partial charge in [0.1, 0.15) is 0 Å². The van der Waals surface area contributed by atoms with E-state index in [1.54, 1.807) is 48.5 Å². The van der Waals surface area contributed by atoms with Gasteiger partial charge >= 0.3 is 12.2 Å². The van der Waals surface area contributed by atoms with Gasteiger partial charge < -0.3 is 9.47 Å². The number of anilines is 2. The number of ether oxygens (including phenoxy) is 2. The standard InChI is InChI=1S/C19H22N2O7S/c1-26-18(22)20-15-8-4-13(5-9-15)17(12-28-29(3,24)25)14-6-10-16(11-7-14)21-19(23)27-2/h4-11,17H,12H2,1-3H3,(H,20,22)(H,21,23). The van der Waals surface area contributed by atoms with Gasteiger partial charge in [0.15, 0.2) is 0 Å². The molecular formula is C19H22N2O7S. The van der Waals surface area contributed by atoms with Crippen LogP contribution in [0.15, 0.2) is 48.5 Å². The summed E-state index contributed by atoms with van der Waals surface area (Å²) < 4.78 is 37.1. The smallest absolute Gasteiger partial charge is 0.411 e. The molecule has 0 heterocycles. The number of hydrogen-bond acceptors (Lipinski definition) is 7. The van der Waals surface area contributed by atoms with Crippen LogP contribution in [0, 0.1) is 0 Å². The topological polar surface area (TPSA) is 120 Å². The van der Waals surface area contributed by atoms with E-state index < -0.39 is 28.2 Å². The molecule has 0 aliphatic rings. The van der Waals surface area contributed by atoms with E-state index in [2.05, 4.69) is 20.1 Å². The normalized spacial score (nSPS) is 11.0. The molecule has 0 saturated carbocycles. The summed E-state index contributed by atoms with van der Waals surface area (Å²) in [6.45, 7) is -0.105. The Labute approximate surface area is 169 Å². The van der Waals surface area contributed by atoms with Gasteiger partial charge in [-0.2, -0.15) is 8.42 Å². The van der Waals surface area contributed by atoms with Crippen LogP contribution in [0.2, 0.25) is 0 Å². The summed E-state index contributed by atoms with van der Waals surface area (Å²) in [5.41, 5.74) is 2.61. The minimum atomic E-state index is -3.64. The molecule has 0 aromatic heterocycles. The van der Waals surface area contributed by atoms with Gasteiger partial charge in [0.05, 0.1) is 27.1 Å². The van der Waals surface area contributed by atoms with Crippen molar-refractivity contribution in [2.45, 2.75) is 5.92 Å². The van der Waals surface area contributed by atoms with Gasteiger partial charge in [-0.25, -0.2) is 9.59 Å². The minimum Gasteiger partial charge on any atom is -0.453 e. The molecule has 0 fully saturated rings. The highest BCUT2D eigenvalue weighted by Gasteiger charge is 2.18. The van der Waals surface area contributed by atoms with E-state index in [4.69, 9.17) is 4.18 Å². The third-order valence-corrected chi connectivity index (χ3v) is 4.50. The molecule has 0 aliphatic heterocycles. The highest BCUT2D eigenvalue weighted by Crippen LogP contribution is 2.28. The lowest BCUT2D eigenvalue weighted by atomic mass is 9.92. The van der Waals surface area contributed by atoms with Crippen molar-refractivity contribution in [2.24, 2.45) is 0 Å². The van der Waals surface area contributed by atoms with Crippen molar-refractivity contribution in [3.63, 3.8) is 0 Å². The third-order valence-electron chi connectivity index (χ3n) is 3.94. The maximum absolute atomic E-state index is 11.5. The molecule has 2 N–H and O–H groups in total. The van der Waals surface area contributed by atoms with Gasteiger partial charge in [0, 0.05) is 17.3 Å². The van der Waals surface area contributed by atoms with E-state index in [0.29, 0.717) is 11.4 Å². The average molecular weight is 422 g/mol. The van der Waals surface area contributed by atoms with E-state index in [1.807, 2.05) is 0 Å². The van der Waals surface area contributed by atoms with Crippen LogP contribution < -0.4 is 10.6 Å². The van der Waals surface area contributed by atoms with Crippen LogP contribution in [0.4, 0.5) is 21.0 Å². The third kappa shape index (κ3) is 7.09. The second-order valence-corrected chi connectivity index (χ2v) is 7.66. The first-order chi connectivity index (χ1) is 13.7. The monoisotopic (exact) mass is 422 g/mol. The van der Waals surface area contributed by atoms with Crippen LogP contribution in [0.5, 0.6) is 0 Å².